The smallest absolute Gasteiger partial charge is 0.126 e. The number of rotatable bonds is 4. The van der Waals surface area contributed by atoms with Crippen LogP contribution in [0.3, 0.4) is 0 Å². The summed E-state index contributed by atoms with van der Waals surface area (Å²) in [5.74, 6) is 2.87. The summed E-state index contributed by atoms with van der Waals surface area (Å²) in [6, 6.07) is 4.16. The van der Waals surface area contributed by atoms with Crippen molar-refractivity contribution in [3.63, 3.8) is 0 Å². The number of pyridine rings is 1. The van der Waals surface area contributed by atoms with Gasteiger partial charge in [0.1, 0.15) is 5.82 Å². The van der Waals surface area contributed by atoms with Gasteiger partial charge >= 0.3 is 0 Å². The molecule has 1 saturated carbocycles. The van der Waals surface area contributed by atoms with E-state index in [0.717, 1.165) is 24.2 Å². The van der Waals surface area contributed by atoms with E-state index in [0.29, 0.717) is 0 Å². The number of anilines is 1. The van der Waals surface area contributed by atoms with Crippen molar-refractivity contribution in [3.8, 4) is 0 Å². The van der Waals surface area contributed by atoms with Crippen LogP contribution >= 0.6 is 0 Å². The highest BCUT2D eigenvalue weighted by atomic mass is 15.0. The van der Waals surface area contributed by atoms with E-state index in [1.54, 1.807) is 0 Å². The Hall–Kier alpha value is -1.05. The third-order valence-corrected chi connectivity index (χ3v) is 4.03. The Balaban J connectivity index is 1.76. The first-order valence-corrected chi connectivity index (χ1v) is 6.94. The van der Waals surface area contributed by atoms with Crippen molar-refractivity contribution < 1.29 is 0 Å². The average Bonchev–Trinajstić information content (AvgIpc) is 2.37. The number of aryl methyl sites for hydroxylation is 1. The second-order valence-corrected chi connectivity index (χ2v) is 5.39. The summed E-state index contributed by atoms with van der Waals surface area (Å²) in [4.78, 5) is 4.34. The van der Waals surface area contributed by atoms with Gasteiger partial charge in [0.15, 0.2) is 0 Å². The van der Waals surface area contributed by atoms with E-state index in [-0.39, 0.29) is 0 Å². The first-order valence-electron chi connectivity index (χ1n) is 6.94. The molecule has 1 fully saturated rings. The van der Waals surface area contributed by atoms with E-state index < -0.39 is 0 Å². The highest BCUT2D eigenvalue weighted by Crippen LogP contribution is 2.30. The van der Waals surface area contributed by atoms with Crippen LogP contribution in [0.25, 0.3) is 0 Å². The Kier molecular flexibility index (Phi) is 4.41. The predicted octanol–water partition coefficient (Wildman–Crippen LogP) is 4.02. The molecule has 2 nitrogen and oxygen atoms in total. The van der Waals surface area contributed by atoms with E-state index in [4.69, 9.17) is 0 Å². The Morgan fingerprint density at radius 3 is 2.59 bits per heavy atom. The zero-order valence-corrected chi connectivity index (χ0v) is 11.1. The third-order valence-electron chi connectivity index (χ3n) is 4.03. The highest BCUT2D eigenvalue weighted by Gasteiger charge is 2.19. The second-order valence-electron chi connectivity index (χ2n) is 5.39. The van der Waals surface area contributed by atoms with Crippen LogP contribution in [0.1, 0.15) is 44.6 Å². The molecule has 0 aromatic carbocycles. The van der Waals surface area contributed by atoms with Crippen LogP contribution in [0.2, 0.25) is 0 Å². The summed E-state index contributed by atoms with van der Waals surface area (Å²) >= 11 is 0. The van der Waals surface area contributed by atoms with Gasteiger partial charge in [-0.15, -0.1) is 0 Å². The van der Waals surface area contributed by atoms with Crippen LogP contribution in [-0.2, 0) is 0 Å². The second kappa shape index (κ2) is 6.04. The van der Waals surface area contributed by atoms with Gasteiger partial charge in [0, 0.05) is 12.7 Å². The molecule has 0 atom stereocenters. The lowest BCUT2D eigenvalue weighted by Gasteiger charge is -2.28. The van der Waals surface area contributed by atoms with E-state index in [2.05, 4.69) is 30.2 Å². The largest absolute Gasteiger partial charge is 0.370 e. The van der Waals surface area contributed by atoms with Crippen LogP contribution in [-0.4, -0.2) is 11.5 Å². The molecule has 0 aliphatic heterocycles. The fourth-order valence-electron chi connectivity index (χ4n) is 2.73. The van der Waals surface area contributed by atoms with Gasteiger partial charge in [-0.1, -0.05) is 26.2 Å². The molecule has 2 rings (SSSR count). The van der Waals surface area contributed by atoms with E-state index in [9.17, 15) is 0 Å². The van der Waals surface area contributed by atoms with Gasteiger partial charge in [-0.2, -0.15) is 0 Å². The topological polar surface area (TPSA) is 24.9 Å². The van der Waals surface area contributed by atoms with Crippen LogP contribution in [0.5, 0.6) is 0 Å². The van der Waals surface area contributed by atoms with Crippen molar-refractivity contribution >= 4 is 5.82 Å². The van der Waals surface area contributed by atoms with Crippen LogP contribution < -0.4 is 5.32 Å². The molecule has 0 saturated heterocycles. The fourth-order valence-corrected chi connectivity index (χ4v) is 2.73. The van der Waals surface area contributed by atoms with Crippen LogP contribution in [0, 0.1) is 18.8 Å². The van der Waals surface area contributed by atoms with Gasteiger partial charge in [-0.05, 0) is 49.3 Å². The lowest BCUT2D eigenvalue weighted by atomic mass is 9.81. The fraction of sp³-hybridized carbons (Fsp3) is 0.667. The average molecular weight is 232 g/mol. The maximum Gasteiger partial charge on any atom is 0.126 e. The Morgan fingerprint density at radius 1 is 1.24 bits per heavy atom. The summed E-state index contributed by atoms with van der Waals surface area (Å²) in [5, 5.41) is 3.48. The molecule has 1 aromatic rings. The molecule has 94 valence electrons. The molecule has 1 N–H and O–H groups in total. The van der Waals surface area contributed by atoms with Gasteiger partial charge in [-0.3, -0.25) is 0 Å². The molecule has 1 heterocycles. The summed E-state index contributed by atoms with van der Waals surface area (Å²) in [6.45, 7) is 5.52. The molecular formula is C15H24N2. The van der Waals surface area contributed by atoms with Gasteiger partial charge in [0.05, 0.1) is 0 Å². The Labute approximate surface area is 105 Å². The number of hydrogen-bond donors (Lipinski definition) is 1. The van der Waals surface area contributed by atoms with Crippen molar-refractivity contribution in [2.75, 3.05) is 11.9 Å². The maximum absolute atomic E-state index is 4.34. The van der Waals surface area contributed by atoms with Crippen LogP contribution in [0.4, 0.5) is 5.82 Å². The van der Waals surface area contributed by atoms with Gasteiger partial charge in [0.25, 0.3) is 0 Å². The van der Waals surface area contributed by atoms with Crippen LogP contribution in [0.15, 0.2) is 18.3 Å². The summed E-state index contributed by atoms with van der Waals surface area (Å²) in [7, 11) is 0. The number of nitrogens with zero attached hydrogens (tertiary/aromatic N) is 1. The number of nitrogens with one attached hydrogen (secondary N) is 1. The Morgan fingerprint density at radius 2 is 1.94 bits per heavy atom. The van der Waals surface area contributed by atoms with Crippen molar-refractivity contribution in [2.45, 2.75) is 46.0 Å². The first kappa shape index (κ1) is 12.4. The van der Waals surface area contributed by atoms with E-state index in [1.165, 1.54) is 37.7 Å². The molecule has 1 aliphatic carbocycles. The molecule has 0 bridgehead atoms. The number of hydrogen-bond acceptors (Lipinski definition) is 2. The minimum absolute atomic E-state index is 0.847. The van der Waals surface area contributed by atoms with Crippen molar-refractivity contribution in [2.24, 2.45) is 11.8 Å². The molecule has 0 amide bonds. The van der Waals surface area contributed by atoms with E-state index >= 15 is 0 Å². The molecule has 0 radical (unpaired) electrons. The first-order chi connectivity index (χ1) is 8.28. The molecule has 0 unspecified atom stereocenters. The van der Waals surface area contributed by atoms with Crippen molar-refractivity contribution in [1.82, 2.24) is 4.98 Å². The molecule has 17 heavy (non-hydrogen) atoms. The van der Waals surface area contributed by atoms with Gasteiger partial charge in [0.2, 0.25) is 0 Å². The quantitative estimate of drug-likeness (QED) is 0.848. The highest BCUT2D eigenvalue weighted by molar-refractivity contribution is 5.36. The van der Waals surface area contributed by atoms with Gasteiger partial charge < -0.3 is 5.32 Å². The summed E-state index contributed by atoms with van der Waals surface area (Å²) in [5.41, 5.74) is 1.28. The van der Waals surface area contributed by atoms with Gasteiger partial charge in [-0.25, -0.2) is 4.98 Å². The lowest BCUT2D eigenvalue weighted by molar-refractivity contribution is 0.278. The molecule has 2 heteroatoms. The Bertz CT molecular complexity index is 341. The third kappa shape index (κ3) is 3.72. The SMILES string of the molecule is CCC1CCC(CNc2cc(C)ccn2)CC1. The summed E-state index contributed by atoms with van der Waals surface area (Å²) in [6.07, 6.45) is 8.86. The molecule has 0 spiro atoms. The lowest BCUT2D eigenvalue weighted by Crippen LogP contribution is -2.21. The predicted molar refractivity (Wildman–Crippen MR) is 73.2 cm³/mol. The number of aromatic nitrogens is 1. The maximum atomic E-state index is 4.34. The summed E-state index contributed by atoms with van der Waals surface area (Å²) < 4.78 is 0. The van der Waals surface area contributed by atoms with Crippen molar-refractivity contribution in [1.29, 1.82) is 0 Å². The normalized spacial score (nSPS) is 24.6. The molecule has 1 aromatic heterocycles. The zero-order chi connectivity index (χ0) is 12.1. The minimum atomic E-state index is 0.847. The monoisotopic (exact) mass is 232 g/mol. The van der Waals surface area contributed by atoms with Crippen molar-refractivity contribution in [3.05, 3.63) is 23.9 Å². The standard InChI is InChI=1S/C15H24N2/c1-3-13-4-6-14(7-5-13)11-17-15-10-12(2)8-9-16-15/h8-10,13-14H,3-7,11H2,1-2H3,(H,16,17). The minimum Gasteiger partial charge on any atom is -0.370 e. The molecule has 1 aliphatic rings. The van der Waals surface area contributed by atoms with E-state index in [1.807, 2.05) is 12.3 Å². The zero-order valence-electron chi connectivity index (χ0n) is 11.1. The molecular weight excluding hydrogens is 208 g/mol.